The molecule has 1 aliphatic rings. The molecule has 1 rings (SSSR count). The van der Waals surface area contributed by atoms with Gasteiger partial charge in [-0.1, -0.05) is 26.7 Å². The highest BCUT2D eigenvalue weighted by Gasteiger charge is 2.24. The molecular formula is C65H120N14O24. The minimum absolute atomic E-state index is 0.0337. The number of primary amides is 2. The number of rotatable bonds is 63. The van der Waals surface area contributed by atoms with E-state index >= 15 is 0 Å². The average molecular weight is 1480 g/mol. The maximum absolute atomic E-state index is 13.2. The second-order valence-corrected chi connectivity index (χ2v) is 24.5. The van der Waals surface area contributed by atoms with E-state index in [1.807, 2.05) is 4.90 Å². The fourth-order valence-electron chi connectivity index (χ4n) is 9.64. The summed E-state index contributed by atoms with van der Waals surface area (Å²) in [5.41, 5.74) is 10.6. The summed E-state index contributed by atoms with van der Waals surface area (Å²) < 4.78 is 43.3. The van der Waals surface area contributed by atoms with E-state index in [1.165, 1.54) is 0 Å². The van der Waals surface area contributed by atoms with Gasteiger partial charge in [-0.2, -0.15) is 0 Å². The number of ether oxygens (including phenoxy) is 8. The number of hydrogen-bond donors (Lipinski definition) is 14. The van der Waals surface area contributed by atoms with E-state index in [4.69, 9.17) is 49.4 Å². The van der Waals surface area contributed by atoms with E-state index < -0.39 is 47.9 Å². The van der Waals surface area contributed by atoms with Crippen molar-refractivity contribution in [3.63, 3.8) is 0 Å². The quantitative estimate of drug-likeness (QED) is 0.0199. The molecule has 0 radical (unpaired) electrons. The van der Waals surface area contributed by atoms with E-state index in [0.29, 0.717) is 117 Å². The number of amides is 10. The van der Waals surface area contributed by atoms with Crippen LogP contribution in [0.4, 0.5) is 0 Å². The number of nitrogens with zero attached hydrogens (tertiary/aromatic N) is 4. The molecule has 0 aromatic heterocycles. The van der Waals surface area contributed by atoms with Crippen LogP contribution < -0.4 is 54.0 Å². The Morgan fingerprint density at radius 1 is 0.350 bits per heavy atom. The van der Waals surface area contributed by atoms with Crippen molar-refractivity contribution in [2.45, 2.75) is 103 Å². The minimum Gasteiger partial charge on any atom is -0.480 e. The van der Waals surface area contributed by atoms with E-state index in [1.54, 1.807) is 28.5 Å². The summed E-state index contributed by atoms with van der Waals surface area (Å²) in [7, 11) is 0. The first kappa shape index (κ1) is 94.1. The predicted molar refractivity (Wildman–Crippen MR) is 371 cm³/mol. The maximum atomic E-state index is 13.2. The SMILES string of the molecule is C[C@@H](CCCCNC(=O)COCCOCCNC(=O)COCCOCCNC(=O)CCCC(=O)NCCCC[C@H](NC(=O)COCCOCCNC(=O)COCCOCCNC(=O)CN1CCN(CC(=O)O)CCN(CC(O)O)CCN(CC(=O)O)CC1)C(=O)NCCCC[C@H](C)C(N)=O)C(N)=O. The Balaban J connectivity index is 2.25. The summed E-state index contributed by atoms with van der Waals surface area (Å²) in [5, 5.41) is 60.0. The molecule has 103 heavy (non-hydrogen) atoms. The van der Waals surface area contributed by atoms with Gasteiger partial charge in [-0.15, -0.1) is 0 Å². The Morgan fingerprint density at radius 3 is 1.04 bits per heavy atom. The molecule has 1 fully saturated rings. The van der Waals surface area contributed by atoms with Crippen molar-refractivity contribution in [3.8, 4) is 0 Å². The van der Waals surface area contributed by atoms with Crippen LogP contribution >= 0.6 is 0 Å². The van der Waals surface area contributed by atoms with Gasteiger partial charge in [0, 0.05) is 129 Å². The number of β-amino-alcohol motifs (C(OH)–C–C–N with tert-alkyl or cyclic N) is 2. The lowest BCUT2D eigenvalue weighted by Crippen LogP contribution is -2.50. The zero-order valence-electron chi connectivity index (χ0n) is 60.4. The van der Waals surface area contributed by atoms with E-state index in [-0.39, 0.29) is 225 Å². The number of unbranched alkanes of at least 4 members (excludes halogenated alkanes) is 3. The van der Waals surface area contributed by atoms with Gasteiger partial charge in [-0.05, 0) is 51.4 Å². The number of nitrogens with one attached hydrogen (secondary N) is 8. The highest BCUT2D eigenvalue weighted by atomic mass is 16.5. The number of aliphatic hydroxyl groups is 2. The normalized spacial score (nSPS) is 14.4. The number of hydrogen-bond acceptors (Lipinski definition) is 26. The number of aliphatic hydroxyl groups excluding tert-OH is 1. The fraction of sp³-hybridized carbons (Fsp3) is 0.815. The van der Waals surface area contributed by atoms with Crippen LogP contribution in [0.25, 0.3) is 0 Å². The van der Waals surface area contributed by atoms with Crippen LogP contribution in [0.3, 0.4) is 0 Å². The van der Waals surface area contributed by atoms with Crippen LogP contribution in [0.1, 0.15) is 90.9 Å². The van der Waals surface area contributed by atoms with E-state index in [2.05, 4.69) is 42.5 Å². The molecule has 594 valence electrons. The van der Waals surface area contributed by atoms with Gasteiger partial charge in [0.15, 0.2) is 6.29 Å². The third-order valence-corrected chi connectivity index (χ3v) is 15.6. The number of carboxylic acid groups (broad SMARTS) is 2. The minimum atomic E-state index is -1.62. The van der Waals surface area contributed by atoms with Crippen molar-refractivity contribution in [2.24, 2.45) is 23.3 Å². The van der Waals surface area contributed by atoms with Crippen LogP contribution in [0.2, 0.25) is 0 Å². The van der Waals surface area contributed by atoms with Crippen LogP contribution in [0.15, 0.2) is 0 Å². The van der Waals surface area contributed by atoms with Gasteiger partial charge >= 0.3 is 11.9 Å². The van der Waals surface area contributed by atoms with Gasteiger partial charge in [-0.25, -0.2) is 0 Å². The van der Waals surface area contributed by atoms with Crippen molar-refractivity contribution in [1.82, 2.24) is 62.1 Å². The summed E-state index contributed by atoms with van der Waals surface area (Å²) in [6.45, 7) is 8.26. The van der Waals surface area contributed by atoms with Crippen molar-refractivity contribution >= 4 is 71.0 Å². The molecule has 1 saturated heterocycles. The fourth-order valence-corrected chi connectivity index (χ4v) is 9.64. The standard InChI is InChI=1S/C65H120N14O24/c1-50(63(66)93)10-3-6-16-69-56(83)46-100-38-36-98-32-20-72-57(84)47-101-39-34-96-30-18-70-54(81)14-9-13-53(80)68-15-8-5-12-52(65(95)74-17-7-4-11-51(2)64(67)94)75-59(86)49-103-41-37-99-33-21-73-58(85)48-102-40-35-97-31-19-71-55(82)42-76-22-24-77(43-60(87)88)26-28-79(45-62(91)92)29-27-78(25-23-76)44-61(89)90/h50-52,62,91-92H,3-49H2,1-2H3,(H2,66,93)(H2,67,94)(H,68,80)(H,69,83)(H,70,81)(H,71,82)(H,72,84)(H,73,85)(H,74,95)(H,75,86)(H,87,88)(H,89,90)/t50-,51-,52-/m0/s1. The number of aliphatic carboxylic acids is 2. The van der Waals surface area contributed by atoms with Gasteiger partial charge in [0.1, 0.15) is 32.5 Å². The van der Waals surface area contributed by atoms with Crippen molar-refractivity contribution in [1.29, 1.82) is 0 Å². The summed E-state index contributed by atoms with van der Waals surface area (Å²) in [4.78, 5) is 153. The molecule has 0 aliphatic carbocycles. The van der Waals surface area contributed by atoms with Crippen LogP contribution in [0.5, 0.6) is 0 Å². The molecule has 0 spiro atoms. The number of nitrogens with two attached hydrogens (primary N) is 2. The lowest BCUT2D eigenvalue weighted by atomic mass is 10.0. The molecule has 16 N–H and O–H groups in total. The maximum Gasteiger partial charge on any atom is 0.317 e. The molecular weight excluding hydrogens is 1360 g/mol. The van der Waals surface area contributed by atoms with Crippen molar-refractivity contribution in [2.75, 3.05) is 230 Å². The zero-order chi connectivity index (χ0) is 76.1. The van der Waals surface area contributed by atoms with Gasteiger partial charge in [-0.3, -0.25) is 77.1 Å². The molecule has 3 atom stereocenters. The Kier molecular flexibility index (Phi) is 57.1. The summed E-state index contributed by atoms with van der Waals surface area (Å²) in [6, 6.07) is -0.901. The summed E-state index contributed by atoms with van der Waals surface area (Å²) in [5.74, 6) is -6.04. The second kappa shape index (κ2) is 62.5. The van der Waals surface area contributed by atoms with Crippen LogP contribution in [-0.4, -0.2) is 353 Å². The molecule has 0 saturated carbocycles. The first-order valence-electron chi connectivity index (χ1n) is 35.5. The van der Waals surface area contributed by atoms with Crippen molar-refractivity contribution in [3.05, 3.63) is 0 Å². The van der Waals surface area contributed by atoms with Crippen molar-refractivity contribution < 1.29 is 116 Å². The Bertz CT molecular complexity index is 2380. The number of carbonyl (C=O) groups excluding carboxylic acids is 10. The lowest BCUT2D eigenvalue weighted by Gasteiger charge is -2.33. The van der Waals surface area contributed by atoms with Crippen LogP contribution in [0, 0.1) is 11.8 Å². The largest absolute Gasteiger partial charge is 0.480 e. The first-order valence-corrected chi connectivity index (χ1v) is 35.5. The molecule has 0 aromatic rings. The zero-order valence-corrected chi connectivity index (χ0v) is 60.4. The Hall–Kier alpha value is -6.92. The molecule has 1 aliphatic heterocycles. The molecule has 0 bridgehead atoms. The van der Waals surface area contributed by atoms with Gasteiger partial charge < -0.3 is 112 Å². The summed E-state index contributed by atoms with van der Waals surface area (Å²) >= 11 is 0. The molecule has 1 heterocycles. The predicted octanol–water partition coefficient (Wildman–Crippen LogP) is -5.96. The third-order valence-electron chi connectivity index (χ3n) is 15.6. The van der Waals surface area contributed by atoms with E-state index in [0.717, 1.165) is 12.8 Å². The molecule has 0 unspecified atom stereocenters. The number of carbonyl (C=O) groups is 12. The number of carboxylic acids is 2. The average Bonchev–Trinajstić information content (AvgIpc) is 1.31. The molecule has 10 amide bonds. The summed E-state index contributed by atoms with van der Waals surface area (Å²) in [6.07, 6.45) is 4.14. The third kappa shape index (κ3) is 58.1. The smallest absolute Gasteiger partial charge is 0.317 e. The Labute approximate surface area is 603 Å². The highest BCUT2D eigenvalue weighted by Crippen LogP contribution is 2.09. The highest BCUT2D eigenvalue weighted by molar-refractivity contribution is 5.88. The Morgan fingerprint density at radius 2 is 0.660 bits per heavy atom. The van der Waals surface area contributed by atoms with Gasteiger partial charge in [0.2, 0.25) is 59.1 Å². The van der Waals surface area contributed by atoms with Gasteiger partial charge in [0.25, 0.3) is 0 Å². The molecule has 38 heteroatoms. The lowest BCUT2D eigenvalue weighted by molar-refractivity contribution is -0.139. The van der Waals surface area contributed by atoms with E-state index in [9.17, 15) is 78.0 Å². The first-order chi connectivity index (χ1) is 49.4. The molecule has 38 nitrogen and oxygen atoms in total. The molecule has 0 aromatic carbocycles. The monoisotopic (exact) mass is 1480 g/mol. The van der Waals surface area contributed by atoms with Gasteiger partial charge in [0.05, 0.1) is 98.9 Å². The topological polar surface area (TPSA) is 521 Å². The second-order valence-electron chi connectivity index (χ2n) is 24.5. The van der Waals surface area contributed by atoms with Crippen LogP contribution in [-0.2, 0) is 95.4 Å².